The number of carbonyl (C=O) groups is 2. The zero-order valence-electron chi connectivity index (χ0n) is 15.2. The monoisotopic (exact) mass is 427 g/mol. The van der Waals surface area contributed by atoms with E-state index in [2.05, 4.69) is 15.0 Å². The van der Waals surface area contributed by atoms with E-state index in [0.717, 1.165) is 23.5 Å². The van der Waals surface area contributed by atoms with Crippen molar-refractivity contribution in [2.45, 2.75) is 24.7 Å². The van der Waals surface area contributed by atoms with Crippen LogP contribution in [0, 0.1) is 12.7 Å². The highest BCUT2D eigenvalue weighted by atomic mass is 32.2. The van der Waals surface area contributed by atoms with Crippen molar-refractivity contribution in [2.75, 3.05) is 25.5 Å². The highest BCUT2D eigenvalue weighted by molar-refractivity contribution is 7.89. The van der Waals surface area contributed by atoms with Crippen molar-refractivity contribution in [3.05, 3.63) is 40.2 Å². The molecule has 0 unspecified atom stereocenters. The van der Waals surface area contributed by atoms with Crippen LogP contribution in [0.3, 0.4) is 0 Å². The van der Waals surface area contributed by atoms with E-state index in [0.29, 0.717) is 31.6 Å². The first-order valence-electron chi connectivity index (χ1n) is 8.41. The highest BCUT2D eigenvalue weighted by Gasteiger charge is 2.30. The van der Waals surface area contributed by atoms with E-state index in [-0.39, 0.29) is 15.6 Å². The summed E-state index contributed by atoms with van der Waals surface area (Å²) in [7, 11) is -2.77. The van der Waals surface area contributed by atoms with E-state index in [9.17, 15) is 22.4 Å². The maximum atomic E-state index is 14.2. The van der Waals surface area contributed by atoms with E-state index in [1.54, 1.807) is 6.92 Å². The smallest absolute Gasteiger partial charge is 0.350 e. The zero-order valence-corrected chi connectivity index (χ0v) is 16.8. The zero-order chi connectivity index (χ0) is 20.5. The maximum Gasteiger partial charge on any atom is 0.350 e. The van der Waals surface area contributed by atoms with Gasteiger partial charge in [0.15, 0.2) is 5.13 Å². The number of esters is 1. The molecule has 1 saturated heterocycles. The Morgan fingerprint density at radius 2 is 1.96 bits per heavy atom. The SMILES string of the molecule is COC(=O)c1sc(NC(=O)c2ccc(F)c(S(=O)(=O)N3CCCC3)c2)nc1C. The van der Waals surface area contributed by atoms with E-state index < -0.39 is 32.6 Å². The number of methoxy groups -OCH3 is 1. The third-order valence-electron chi connectivity index (χ3n) is 4.26. The van der Waals surface area contributed by atoms with Gasteiger partial charge in [-0.15, -0.1) is 0 Å². The normalized spacial score (nSPS) is 14.8. The standard InChI is InChI=1S/C17H18FN3O5S2/c1-10-14(16(23)26-2)27-17(19-10)20-15(22)11-5-6-12(18)13(9-11)28(24,25)21-7-3-4-8-21/h5-6,9H,3-4,7-8H2,1-2H3,(H,19,20,22). The molecule has 1 aliphatic rings. The fraction of sp³-hybridized carbons (Fsp3) is 0.353. The van der Waals surface area contributed by atoms with Crippen LogP contribution in [0.5, 0.6) is 0 Å². The Bertz CT molecular complexity index is 1030. The summed E-state index contributed by atoms with van der Waals surface area (Å²) in [6, 6.07) is 3.15. The Kier molecular flexibility index (Phi) is 5.77. The molecule has 1 aromatic carbocycles. The van der Waals surface area contributed by atoms with E-state index in [1.807, 2.05) is 0 Å². The summed E-state index contributed by atoms with van der Waals surface area (Å²) in [5.41, 5.74) is 0.357. The predicted molar refractivity (Wildman–Crippen MR) is 101 cm³/mol. The molecule has 0 radical (unpaired) electrons. The van der Waals surface area contributed by atoms with Gasteiger partial charge in [-0.25, -0.2) is 22.6 Å². The lowest BCUT2D eigenvalue weighted by molar-refractivity contribution is 0.0605. The largest absolute Gasteiger partial charge is 0.465 e. The van der Waals surface area contributed by atoms with E-state index in [4.69, 9.17) is 0 Å². The molecule has 150 valence electrons. The van der Waals surface area contributed by atoms with Crippen LogP contribution in [0.4, 0.5) is 9.52 Å². The Balaban J connectivity index is 1.86. The fourth-order valence-corrected chi connectivity index (χ4v) is 5.30. The molecule has 1 amide bonds. The van der Waals surface area contributed by atoms with Gasteiger partial charge in [-0.2, -0.15) is 4.31 Å². The third-order valence-corrected chi connectivity index (χ3v) is 7.23. The number of benzene rings is 1. The van der Waals surface area contributed by atoms with Crippen molar-refractivity contribution < 1.29 is 27.1 Å². The number of carbonyl (C=O) groups excluding carboxylic acids is 2. The van der Waals surface area contributed by atoms with Crippen LogP contribution in [0.25, 0.3) is 0 Å². The number of nitrogens with zero attached hydrogens (tertiary/aromatic N) is 2. The van der Waals surface area contributed by atoms with Crippen LogP contribution in [-0.2, 0) is 14.8 Å². The molecule has 1 N–H and O–H groups in total. The highest BCUT2D eigenvalue weighted by Crippen LogP contribution is 2.26. The first kappa shape index (κ1) is 20.4. The molecule has 1 aromatic heterocycles. The minimum Gasteiger partial charge on any atom is -0.465 e. The molecule has 1 aliphatic heterocycles. The van der Waals surface area contributed by atoms with Crippen molar-refractivity contribution in [3.63, 3.8) is 0 Å². The molecule has 2 aromatic rings. The maximum absolute atomic E-state index is 14.2. The molecule has 0 spiro atoms. The minimum absolute atomic E-state index is 0.0355. The second-order valence-electron chi connectivity index (χ2n) is 6.14. The van der Waals surface area contributed by atoms with Gasteiger partial charge >= 0.3 is 5.97 Å². The van der Waals surface area contributed by atoms with Gasteiger partial charge in [0.1, 0.15) is 15.6 Å². The molecule has 0 saturated carbocycles. The predicted octanol–water partition coefficient (Wildman–Crippen LogP) is 2.41. The van der Waals surface area contributed by atoms with Crippen molar-refractivity contribution in [1.82, 2.24) is 9.29 Å². The van der Waals surface area contributed by atoms with Crippen molar-refractivity contribution in [2.24, 2.45) is 0 Å². The molecule has 0 bridgehead atoms. The van der Waals surface area contributed by atoms with Crippen LogP contribution in [-0.4, -0.2) is 49.8 Å². The topological polar surface area (TPSA) is 106 Å². The number of thiazole rings is 1. The Labute approximate surface area is 165 Å². The Morgan fingerprint density at radius 3 is 2.61 bits per heavy atom. The molecule has 0 atom stereocenters. The Morgan fingerprint density at radius 1 is 1.29 bits per heavy atom. The summed E-state index contributed by atoms with van der Waals surface area (Å²) in [6.07, 6.45) is 1.43. The number of hydrogen-bond acceptors (Lipinski definition) is 7. The van der Waals surface area contributed by atoms with Gasteiger partial charge in [-0.3, -0.25) is 10.1 Å². The van der Waals surface area contributed by atoms with Crippen LogP contribution >= 0.6 is 11.3 Å². The minimum atomic E-state index is -4.01. The van der Waals surface area contributed by atoms with Crippen LogP contribution < -0.4 is 5.32 Å². The van der Waals surface area contributed by atoms with Gasteiger partial charge in [0.25, 0.3) is 5.91 Å². The molecule has 1 fully saturated rings. The summed E-state index contributed by atoms with van der Waals surface area (Å²) in [6.45, 7) is 2.25. The first-order chi connectivity index (χ1) is 13.2. The number of rotatable bonds is 5. The van der Waals surface area contributed by atoms with E-state index >= 15 is 0 Å². The molecule has 2 heterocycles. The molecule has 0 aliphatic carbocycles. The van der Waals surface area contributed by atoms with Crippen molar-refractivity contribution in [3.8, 4) is 0 Å². The number of anilines is 1. The fourth-order valence-electron chi connectivity index (χ4n) is 2.81. The second kappa shape index (κ2) is 7.94. The van der Waals surface area contributed by atoms with Gasteiger partial charge < -0.3 is 4.74 Å². The van der Waals surface area contributed by atoms with Crippen molar-refractivity contribution >= 4 is 38.4 Å². The molecule has 28 heavy (non-hydrogen) atoms. The summed E-state index contributed by atoms with van der Waals surface area (Å²) >= 11 is 0.930. The van der Waals surface area contributed by atoms with Gasteiger partial charge in [0.05, 0.1) is 12.8 Å². The van der Waals surface area contributed by atoms with Crippen molar-refractivity contribution in [1.29, 1.82) is 0 Å². The molecule has 3 rings (SSSR count). The molecular formula is C17H18FN3O5S2. The average Bonchev–Trinajstić information content (AvgIpc) is 3.31. The number of sulfonamides is 1. The number of nitrogens with one attached hydrogen (secondary N) is 1. The number of hydrogen-bond donors (Lipinski definition) is 1. The molecule has 8 nitrogen and oxygen atoms in total. The number of ether oxygens (including phenoxy) is 1. The van der Waals surface area contributed by atoms with Gasteiger partial charge in [0, 0.05) is 18.7 Å². The number of aromatic nitrogens is 1. The summed E-state index contributed by atoms with van der Waals surface area (Å²) in [5, 5.41) is 2.65. The summed E-state index contributed by atoms with van der Waals surface area (Å²) < 4.78 is 45.3. The summed E-state index contributed by atoms with van der Waals surface area (Å²) in [5.74, 6) is -2.15. The first-order valence-corrected chi connectivity index (χ1v) is 10.7. The van der Waals surface area contributed by atoms with Crippen LogP contribution in [0.2, 0.25) is 0 Å². The van der Waals surface area contributed by atoms with Crippen LogP contribution in [0.15, 0.2) is 23.1 Å². The Hall–Kier alpha value is -2.37. The average molecular weight is 427 g/mol. The lowest BCUT2D eigenvalue weighted by Crippen LogP contribution is -2.29. The molecular weight excluding hydrogens is 409 g/mol. The molecule has 11 heteroatoms. The quantitative estimate of drug-likeness (QED) is 0.735. The number of halogens is 1. The van der Waals surface area contributed by atoms with Gasteiger partial charge in [-0.1, -0.05) is 11.3 Å². The lowest BCUT2D eigenvalue weighted by atomic mass is 10.2. The van der Waals surface area contributed by atoms with Gasteiger partial charge in [-0.05, 0) is 38.0 Å². The van der Waals surface area contributed by atoms with E-state index in [1.165, 1.54) is 17.5 Å². The van der Waals surface area contributed by atoms with Crippen LogP contribution in [0.1, 0.15) is 38.6 Å². The number of aryl methyl sites for hydroxylation is 1. The second-order valence-corrected chi connectivity index (χ2v) is 9.04. The van der Waals surface area contributed by atoms with Gasteiger partial charge in [0.2, 0.25) is 10.0 Å². The lowest BCUT2D eigenvalue weighted by Gasteiger charge is -2.16. The number of amides is 1. The third kappa shape index (κ3) is 3.91. The summed E-state index contributed by atoms with van der Waals surface area (Å²) in [4.78, 5) is 27.9.